The van der Waals surface area contributed by atoms with Gasteiger partial charge < -0.3 is 9.84 Å². The van der Waals surface area contributed by atoms with E-state index in [4.69, 9.17) is 9.84 Å². The number of ether oxygens (including phenoxy) is 1. The number of carbonyl (C=O) groups is 1. The topological polar surface area (TPSA) is 49.8 Å². The molecule has 0 bridgehead atoms. The van der Waals surface area contributed by atoms with E-state index >= 15 is 0 Å². The Labute approximate surface area is 125 Å². The number of benzene rings is 1. The Balaban J connectivity index is 1.96. The second-order valence-corrected chi connectivity index (χ2v) is 6.29. The molecule has 1 aliphatic rings. The van der Waals surface area contributed by atoms with Crippen molar-refractivity contribution in [3.05, 3.63) is 34.1 Å². The first-order chi connectivity index (χ1) is 9.31. The van der Waals surface area contributed by atoms with Gasteiger partial charge in [0, 0.05) is 29.2 Å². The molecular formula is C14H17BrFNO3. The molecule has 110 valence electrons. The van der Waals surface area contributed by atoms with E-state index < -0.39 is 11.6 Å². The summed E-state index contributed by atoms with van der Waals surface area (Å²) in [5, 5.41) is 8.62. The lowest BCUT2D eigenvalue weighted by atomic mass is 9.92. The van der Waals surface area contributed by atoms with Gasteiger partial charge in [0.15, 0.2) is 0 Å². The van der Waals surface area contributed by atoms with Gasteiger partial charge >= 0.3 is 5.97 Å². The molecule has 1 saturated heterocycles. The third-order valence-corrected chi connectivity index (χ3v) is 4.07. The van der Waals surface area contributed by atoms with Gasteiger partial charge in [0.25, 0.3) is 0 Å². The molecule has 1 aromatic carbocycles. The van der Waals surface area contributed by atoms with E-state index in [0.29, 0.717) is 23.1 Å². The summed E-state index contributed by atoms with van der Waals surface area (Å²) in [6.45, 7) is 4.69. The molecule has 1 N–H and O–H groups in total. The fourth-order valence-corrected chi connectivity index (χ4v) is 2.78. The van der Waals surface area contributed by atoms with Gasteiger partial charge in [-0.2, -0.15) is 0 Å². The van der Waals surface area contributed by atoms with Crippen molar-refractivity contribution in [2.75, 3.05) is 19.7 Å². The number of halogens is 2. The van der Waals surface area contributed by atoms with Gasteiger partial charge in [-0.05, 0) is 26.0 Å². The maximum Gasteiger partial charge on any atom is 0.329 e. The number of carboxylic acid groups (broad SMARTS) is 1. The van der Waals surface area contributed by atoms with Crippen LogP contribution in [0.2, 0.25) is 0 Å². The van der Waals surface area contributed by atoms with Crippen LogP contribution in [0.25, 0.3) is 0 Å². The van der Waals surface area contributed by atoms with Gasteiger partial charge in [0.2, 0.25) is 0 Å². The van der Waals surface area contributed by atoms with Crippen LogP contribution >= 0.6 is 15.9 Å². The number of hydrogen-bond donors (Lipinski definition) is 1. The Kier molecular flexibility index (Phi) is 4.46. The molecule has 0 aliphatic carbocycles. The maximum absolute atomic E-state index is 13.9. The molecule has 4 nitrogen and oxygen atoms in total. The smallest absolute Gasteiger partial charge is 0.329 e. The molecule has 0 aromatic heterocycles. The lowest BCUT2D eigenvalue weighted by Crippen LogP contribution is -2.62. The van der Waals surface area contributed by atoms with Crippen LogP contribution in [0.3, 0.4) is 0 Å². The molecule has 1 heterocycles. The Hall–Kier alpha value is -0.980. The highest BCUT2D eigenvalue weighted by molar-refractivity contribution is 9.10. The van der Waals surface area contributed by atoms with Gasteiger partial charge in [0.1, 0.15) is 12.4 Å². The molecular weight excluding hydrogens is 329 g/mol. The van der Waals surface area contributed by atoms with Crippen LogP contribution in [0.4, 0.5) is 4.39 Å². The van der Waals surface area contributed by atoms with Crippen LogP contribution in [0.15, 0.2) is 22.7 Å². The molecule has 0 amide bonds. The minimum Gasteiger partial charge on any atom is -0.480 e. The summed E-state index contributed by atoms with van der Waals surface area (Å²) >= 11 is 3.24. The highest BCUT2D eigenvalue weighted by Crippen LogP contribution is 2.34. The molecule has 1 atom stereocenters. The molecule has 20 heavy (non-hydrogen) atoms. The van der Waals surface area contributed by atoms with Crippen molar-refractivity contribution in [3.63, 3.8) is 0 Å². The average Bonchev–Trinajstić information content (AvgIpc) is 2.32. The van der Waals surface area contributed by atoms with Crippen molar-refractivity contribution >= 4 is 21.9 Å². The second kappa shape index (κ2) is 5.79. The summed E-state index contributed by atoms with van der Waals surface area (Å²) in [6.07, 6.45) is 0. The van der Waals surface area contributed by atoms with Crippen molar-refractivity contribution in [3.8, 4) is 0 Å². The monoisotopic (exact) mass is 345 g/mol. The van der Waals surface area contributed by atoms with E-state index in [-0.39, 0.29) is 18.5 Å². The lowest BCUT2D eigenvalue weighted by molar-refractivity contribution is -0.169. The van der Waals surface area contributed by atoms with Crippen molar-refractivity contribution in [2.45, 2.75) is 25.5 Å². The van der Waals surface area contributed by atoms with E-state index in [0.717, 1.165) is 0 Å². The van der Waals surface area contributed by atoms with Gasteiger partial charge in [-0.25, -0.2) is 9.18 Å². The fourth-order valence-electron chi connectivity index (χ4n) is 2.45. The number of carboxylic acids is 1. The standard InChI is InChI=1S/C14H17BrFNO3/c1-9(11-4-3-10(15)5-12(11)16)17-7-14(2,8-17)20-6-13(18)19/h3-5,9H,6-8H2,1-2H3,(H,18,19). The first-order valence-corrected chi connectivity index (χ1v) is 7.15. The van der Waals surface area contributed by atoms with E-state index in [2.05, 4.69) is 20.8 Å². The van der Waals surface area contributed by atoms with Crippen LogP contribution < -0.4 is 0 Å². The zero-order valence-electron chi connectivity index (χ0n) is 11.4. The summed E-state index contributed by atoms with van der Waals surface area (Å²) in [7, 11) is 0. The summed E-state index contributed by atoms with van der Waals surface area (Å²) in [5.41, 5.74) is 0.173. The highest BCUT2D eigenvalue weighted by Gasteiger charge is 2.42. The maximum atomic E-state index is 13.9. The van der Waals surface area contributed by atoms with Crippen molar-refractivity contribution in [2.24, 2.45) is 0 Å². The van der Waals surface area contributed by atoms with E-state index in [1.165, 1.54) is 6.07 Å². The number of aliphatic carboxylic acids is 1. The van der Waals surface area contributed by atoms with Crippen molar-refractivity contribution < 1.29 is 19.0 Å². The summed E-state index contributed by atoms with van der Waals surface area (Å²) in [6, 6.07) is 4.96. The quantitative estimate of drug-likeness (QED) is 0.891. The zero-order valence-corrected chi connectivity index (χ0v) is 13.0. The second-order valence-electron chi connectivity index (χ2n) is 5.38. The summed E-state index contributed by atoms with van der Waals surface area (Å²) < 4.78 is 20.0. The Bertz CT molecular complexity index is 517. The Morgan fingerprint density at radius 3 is 2.80 bits per heavy atom. The normalized spacial score (nSPS) is 19.4. The van der Waals surface area contributed by atoms with E-state index in [9.17, 15) is 9.18 Å². The molecule has 6 heteroatoms. The van der Waals surface area contributed by atoms with Crippen LogP contribution in [-0.2, 0) is 9.53 Å². The molecule has 1 fully saturated rings. The molecule has 0 radical (unpaired) electrons. The summed E-state index contributed by atoms with van der Waals surface area (Å²) in [4.78, 5) is 12.6. The van der Waals surface area contributed by atoms with Crippen LogP contribution in [0.5, 0.6) is 0 Å². The lowest BCUT2D eigenvalue weighted by Gasteiger charge is -2.50. The van der Waals surface area contributed by atoms with Crippen LogP contribution in [0, 0.1) is 5.82 Å². The SMILES string of the molecule is CC(c1ccc(Br)cc1F)N1CC(C)(OCC(=O)O)C1. The Morgan fingerprint density at radius 2 is 2.25 bits per heavy atom. The molecule has 2 rings (SSSR count). The molecule has 1 unspecified atom stereocenters. The molecule has 1 aliphatic heterocycles. The zero-order chi connectivity index (χ0) is 14.9. The van der Waals surface area contributed by atoms with E-state index in [1.54, 1.807) is 6.07 Å². The number of nitrogens with zero attached hydrogens (tertiary/aromatic N) is 1. The fraction of sp³-hybridized carbons (Fsp3) is 0.500. The Morgan fingerprint density at radius 1 is 1.60 bits per heavy atom. The third-order valence-electron chi connectivity index (χ3n) is 3.58. The van der Waals surface area contributed by atoms with Gasteiger partial charge in [0.05, 0.1) is 5.60 Å². The van der Waals surface area contributed by atoms with Crippen molar-refractivity contribution in [1.29, 1.82) is 0 Å². The first-order valence-electron chi connectivity index (χ1n) is 6.35. The molecule has 0 spiro atoms. The first kappa shape index (κ1) is 15.4. The molecule has 0 saturated carbocycles. The number of likely N-dealkylation sites (tertiary alicyclic amines) is 1. The van der Waals surface area contributed by atoms with Gasteiger partial charge in [-0.15, -0.1) is 0 Å². The van der Waals surface area contributed by atoms with E-state index in [1.807, 2.05) is 19.9 Å². The number of rotatable bonds is 5. The summed E-state index contributed by atoms with van der Waals surface area (Å²) in [5.74, 6) is -1.22. The number of hydrogen-bond acceptors (Lipinski definition) is 3. The molecule has 1 aromatic rings. The largest absolute Gasteiger partial charge is 0.480 e. The average molecular weight is 346 g/mol. The van der Waals surface area contributed by atoms with Gasteiger partial charge in [-0.1, -0.05) is 22.0 Å². The predicted octanol–water partition coefficient (Wildman–Crippen LogP) is 2.82. The van der Waals surface area contributed by atoms with Crippen LogP contribution in [-0.4, -0.2) is 41.3 Å². The van der Waals surface area contributed by atoms with Crippen molar-refractivity contribution in [1.82, 2.24) is 4.90 Å². The van der Waals surface area contributed by atoms with Crippen LogP contribution in [0.1, 0.15) is 25.5 Å². The highest BCUT2D eigenvalue weighted by atomic mass is 79.9. The predicted molar refractivity (Wildman–Crippen MR) is 76.1 cm³/mol. The van der Waals surface area contributed by atoms with Gasteiger partial charge in [-0.3, -0.25) is 4.90 Å². The third kappa shape index (κ3) is 3.37. The minimum atomic E-state index is -0.975. The minimum absolute atomic E-state index is 0.0652.